The molecule has 1 aliphatic heterocycles. The predicted octanol–water partition coefficient (Wildman–Crippen LogP) is 1.32. The average molecular weight is 302 g/mol. The molecular weight excluding hydrogens is 280 g/mol. The molecule has 2 amide bonds. The van der Waals surface area contributed by atoms with E-state index in [2.05, 4.69) is 16.5 Å². The number of hydrogen-bond donors (Lipinski definition) is 1. The normalized spacial score (nSPS) is 18.6. The Morgan fingerprint density at radius 2 is 2.14 bits per heavy atom. The fourth-order valence-corrected chi connectivity index (χ4v) is 2.78. The van der Waals surface area contributed by atoms with E-state index in [4.69, 9.17) is 5.73 Å². The van der Waals surface area contributed by atoms with Gasteiger partial charge in [-0.1, -0.05) is 6.58 Å². The van der Waals surface area contributed by atoms with Crippen molar-refractivity contribution >= 4 is 11.8 Å². The number of rotatable bonds is 4. The first kappa shape index (κ1) is 16.1. The Kier molecular flexibility index (Phi) is 5.25. The summed E-state index contributed by atoms with van der Waals surface area (Å²) in [7, 11) is 0. The molecule has 1 aliphatic rings. The number of nitrogens with two attached hydrogens (primary N) is 1. The summed E-state index contributed by atoms with van der Waals surface area (Å²) in [6, 6.07) is 1.66. The molecule has 1 aromatic rings. The molecule has 1 aromatic heterocycles. The van der Waals surface area contributed by atoms with Crippen molar-refractivity contribution in [3.8, 4) is 0 Å². The van der Waals surface area contributed by atoms with Gasteiger partial charge in [0.05, 0.1) is 0 Å². The molecule has 2 rings (SSSR count). The van der Waals surface area contributed by atoms with E-state index >= 15 is 0 Å². The van der Waals surface area contributed by atoms with Crippen molar-refractivity contribution in [2.45, 2.75) is 32.6 Å². The van der Waals surface area contributed by atoms with Gasteiger partial charge in [-0.3, -0.25) is 9.59 Å². The highest BCUT2D eigenvalue weighted by Gasteiger charge is 2.21. The zero-order valence-corrected chi connectivity index (χ0v) is 12.9. The zero-order chi connectivity index (χ0) is 16.1. The summed E-state index contributed by atoms with van der Waals surface area (Å²) in [5.41, 5.74) is 6.90. The van der Waals surface area contributed by atoms with Gasteiger partial charge in [0.25, 0.3) is 5.91 Å². The maximum Gasteiger partial charge on any atom is 0.267 e. The Labute approximate surface area is 130 Å². The third-order valence-electron chi connectivity index (χ3n) is 3.97. The zero-order valence-electron chi connectivity index (χ0n) is 12.9. The van der Waals surface area contributed by atoms with Gasteiger partial charge in [0.2, 0.25) is 5.91 Å². The first-order valence-electron chi connectivity index (χ1n) is 7.53. The summed E-state index contributed by atoms with van der Waals surface area (Å²) < 4.78 is 0. The maximum absolute atomic E-state index is 12.0. The summed E-state index contributed by atoms with van der Waals surface area (Å²) in [6.45, 7) is 6.99. The SMILES string of the molecule is C=C(C)C(=O)N1CCCC(Cc2cc(C(N)=O)ncn2)CC1. The molecule has 1 unspecified atom stereocenters. The molecule has 0 aliphatic carbocycles. The lowest BCUT2D eigenvalue weighted by molar-refractivity contribution is -0.127. The predicted molar refractivity (Wildman–Crippen MR) is 83.0 cm³/mol. The summed E-state index contributed by atoms with van der Waals surface area (Å²) >= 11 is 0. The van der Waals surface area contributed by atoms with Crippen LogP contribution in [0.3, 0.4) is 0 Å². The third kappa shape index (κ3) is 4.13. The van der Waals surface area contributed by atoms with E-state index in [1.165, 1.54) is 6.33 Å². The van der Waals surface area contributed by atoms with Crippen LogP contribution in [-0.2, 0) is 11.2 Å². The number of amides is 2. The van der Waals surface area contributed by atoms with Crippen molar-refractivity contribution < 1.29 is 9.59 Å². The smallest absolute Gasteiger partial charge is 0.267 e. The average Bonchev–Trinajstić information content (AvgIpc) is 2.72. The lowest BCUT2D eigenvalue weighted by Gasteiger charge is -2.20. The molecule has 1 saturated heterocycles. The molecule has 0 aromatic carbocycles. The molecule has 0 radical (unpaired) electrons. The van der Waals surface area contributed by atoms with Crippen LogP contribution >= 0.6 is 0 Å². The highest BCUT2D eigenvalue weighted by Crippen LogP contribution is 2.22. The maximum atomic E-state index is 12.0. The van der Waals surface area contributed by atoms with Crippen LogP contribution in [0, 0.1) is 5.92 Å². The molecule has 2 N–H and O–H groups in total. The first-order valence-corrected chi connectivity index (χ1v) is 7.53. The van der Waals surface area contributed by atoms with Gasteiger partial charge in [0.15, 0.2) is 0 Å². The minimum Gasteiger partial charge on any atom is -0.364 e. The number of likely N-dealkylation sites (tertiary alicyclic amines) is 1. The number of primary amides is 1. The van der Waals surface area contributed by atoms with E-state index in [0.29, 0.717) is 11.5 Å². The van der Waals surface area contributed by atoms with Crippen molar-refractivity contribution in [3.63, 3.8) is 0 Å². The van der Waals surface area contributed by atoms with Gasteiger partial charge in [-0.05, 0) is 44.6 Å². The van der Waals surface area contributed by atoms with Crippen LogP contribution in [0.25, 0.3) is 0 Å². The summed E-state index contributed by atoms with van der Waals surface area (Å²) in [6.07, 6.45) is 5.09. The van der Waals surface area contributed by atoms with Crippen LogP contribution < -0.4 is 5.73 Å². The van der Waals surface area contributed by atoms with E-state index in [1.807, 2.05) is 4.90 Å². The summed E-state index contributed by atoms with van der Waals surface area (Å²) in [5, 5.41) is 0. The highest BCUT2D eigenvalue weighted by molar-refractivity contribution is 5.92. The number of carbonyl (C=O) groups excluding carboxylic acids is 2. The van der Waals surface area contributed by atoms with Crippen molar-refractivity contribution in [2.24, 2.45) is 11.7 Å². The molecule has 0 bridgehead atoms. The standard InChI is InChI=1S/C16H22N4O2/c1-11(2)16(22)20-6-3-4-12(5-7-20)8-13-9-14(15(17)21)19-10-18-13/h9-10,12H,1,3-8H2,2H3,(H2,17,21). The monoisotopic (exact) mass is 302 g/mol. The summed E-state index contributed by atoms with van der Waals surface area (Å²) in [5.74, 6) is -0.0556. The Hall–Kier alpha value is -2.24. The number of carbonyl (C=O) groups is 2. The van der Waals surface area contributed by atoms with Gasteiger partial charge in [-0.25, -0.2) is 9.97 Å². The third-order valence-corrected chi connectivity index (χ3v) is 3.97. The van der Waals surface area contributed by atoms with Crippen LogP contribution in [0.4, 0.5) is 0 Å². The largest absolute Gasteiger partial charge is 0.364 e. The number of aromatic nitrogens is 2. The lowest BCUT2D eigenvalue weighted by atomic mass is 9.95. The molecule has 1 atom stereocenters. The fourth-order valence-electron chi connectivity index (χ4n) is 2.78. The van der Waals surface area contributed by atoms with Crippen molar-refractivity contribution in [1.29, 1.82) is 0 Å². The molecule has 6 heteroatoms. The fraction of sp³-hybridized carbons (Fsp3) is 0.500. The summed E-state index contributed by atoms with van der Waals surface area (Å²) in [4.78, 5) is 33.1. The van der Waals surface area contributed by atoms with Gasteiger partial charge in [0, 0.05) is 24.4 Å². The van der Waals surface area contributed by atoms with Gasteiger partial charge in [-0.2, -0.15) is 0 Å². The minimum atomic E-state index is -0.539. The second-order valence-electron chi connectivity index (χ2n) is 5.83. The lowest BCUT2D eigenvalue weighted by Crippen LogP contribution is -2.32. The second kappa shape index (κ2) is 7.15. The first-order chi connectivity index (χ1) is 10.5. The molecule has 0 saturated carbocycles. The van der Waals surface area contributed by atoms with Crippen molar-refractivity contribution in [1.82, 2.24) is 14.9 Å². The van der Waals surface area contributed by atoms with Crippen LogP contribution in [0.5, 0.6) is 0 Å². The Balaban J connectivity index is 1.97. The van der Waals surface area contributed by atoms with Crippen molar-refractivity contribution in [3.05, 3.63) is 35.9 Å². The molecule has 0 spiro atoms. The van der Waals surface area contributed by atoms with Gasteiger partial charge >= 0.3 is 0 Å². The van der Waals surface area contributed by atoms with Crippen LogP contribution in [0.15, 0.2) is 24.5 Å². The van der Waals surface area contributed by atoms with Crippen LogP contribution in [0.1, 0.15) is 42.4 Å². The van der Waals surface area contributed by atoms with Crippen molar-refractivity contribution in [2.75, 3.05) is 13.1 Å². The number of nitrogens with zero attached hydrogens (tertiary/aromatic N) is 3. The van der Waals surface area contributed by atoms with Crippen LogP contribution in [-0.4, -0.2) is 39.8 Å². The van der Waals surface area contributed by atoms with Gasteiger partial charge < -0.3 is 10.6 Å². The van der Waals surface area contributed by atoms with E-state index in [-0.39, 0.29) is 11.6 Å². The molecule has 22 heavy (non-hydrogen) atoms. The molecular formula is C16H22N4O2. The molecule has 2 heterocycles. The quantitative estimate of drug-likeness (QED) is 0.850. The van der Waals surface area contributed by atoms with E-state index in [0.717, 1.165) is 44.5 Å². The molecule has 1 fully saturated rings. The van der Waals surface area contributed by atoms with Gasteiger partial charge in [0.1, 0.15) is 12.0 Å². The Morgan fingerprint density at radius 3 is 2.82 bits per heavy atom. The number of hydrogen-bond acceptors (Lipinski definition) is 4. The van der Waals surface area contributed by atoms with Crippen LogP contribution in [0.2, 0.25) is 0 Å². The van der Waals surface area contributed by atoms with E-state index in [1.54, 1.807) is 13.0 Å². The topological polar surface area (TPSA) is 89.2 Å². The molecule has 118 valence electrons. The van der Waals surface area contributed by atoms with E-state index < -0.39 is 5.91 Å². The molecule has 6 nitrogen and oxygen atoms in total. The minimum absolute atomic E-state index is 0.0405. The van der Waals surface area contributed by atoms with Gasteiger partial charge in [-0.15, -0.1) is 0 Å². The Morgan fingerprint density at radius 1 is 1.36 bits per heavy atom. The second-order valence-corrected chi connectivity index (χ2v) is 5.83. The van der Waals surface area contributed by atoms with E-state index in [9.17, 15) is 9.59 Å². The highest BCUT2D eigenvalue weighted by atomic mass is 16.2. The Bertz CT molecular complexity index is 585.